The normalized spacial score (nSPS) is 11.5. The molecule has 2 amide bonds. The molecular weight excluding hydrogens is 532 g/mol. The van der Waals surface area contributed by atoms with Crippen LogP contribution in [-0.4, -0.2) is 34.0 Å². The second kappa shape index (κ2) is 8.93. The van der Waals surface area contributed by atoms with Gasteiger partial charge < -0.3 is 21.7 Å². The second-order valence-corrected chi connectivity index (χ2v) is 10.00. The Morgan fingerprint density at radius 2 is 1.25 bits per heavy atom. The highest BCUT2D eigenvalue weighted by Crippen LogP contribution is 2.46. The summed E-state index contributed by atoms with van der Waals surface area (Å²) in [5.74, 6) is -5.30. The van der Waals surface area contributed by atoms with Gasteiger partial charge in [0.05, 0.1) is 22.3 Å². The maximum atomic E-state index is 12.9. The maximum absolute atomic E-state index is 12.9. The SMILES string of the molecule is NC(=O)c1c(C(=O)O)c2c(C(=O)O)c(Cc3cccc(Cl)c3)cc3c4cccc5cccc(c(c1C(N)=O)c23)c54. The molecule has 0 aliphatic carbocycles. The second-order valence-electron chi connectivity index (χ2n) is 9.56. The number of benzene rings is 6. The van der Waals surface area contributed by atoms with Gasteiger partial charge in [0.2, 0.25) is 11.8 Å². The summed E-state index contributed by atoms with van der Waals surface area (Å²) in [6.07, 6.45) is 0.0978. The zero-order chi connectivity index (χ0) is 28.5. The Balaban J connectivity index is 2.00. The van der Waals surface area contributed by atoms with E-state index in [-0.39, 0.29) is 33.7 Å². The van der Waals surface area contributed by atoms with Gasteiger partial charge in [-0.15, -0.1) is 0 Å². The summed E-state index contributed by atoms with van der Waals surface area (Å²) in [4.78, 5) is 51.5. The van der Waals surface area contributed by atoms with E-state index in [1.54, 1.807) is 42.5 Å². The maximum Gasteiger partial charge on any atom is 0.337 e. The van der Waals surface area contributed by atoms with Crippen molar-refractivity contribution in [1.82, 2.24) is 0 Å². The number of nitrogens with two attached hydrogens (primary N) is 2. The Kier molecular flexibility index (Phi) is 5.60. The van der Waals surface area contributed by atoms with Crippen molar-refractivity contribution in [2.75, 3.05) is 0 Å². The summed E-state index contributed by atoms with van der Waals surface area (Å²) in [5, 5.41) is 24.8. The molecule has 0 radical (unpaired) electrons. The number of carbonyl (C=O) groups is 4. The molecule has 6 aromatic carbocycles. The van der Waals surface area contributed by atoms with Crippen LogP contribution >= 0.6 is 11.6 Å². The summed E-state index contributed by atoms with van der Waals surface area (Å²) in [5.41, 5.74) is 10.5. The Hall–Kier alpha value is -5.21. The van der Waals surface area contributed by atoms with Gasteiger partial charge in [0.25, 0.3) is 0 Å². The molecule has 0 bridgehead atoms. The van der Waals surface area contributed by atoms with E-state index in [0.29, 0.717) is 32.3 Å². The molecule has 0 fully saturated rings. The minimum Gasteiger partial charge on any atom is -0.478 e. The first kappa shape index (κ1) is 25.1. The Morgan fingerprint density at radius 3 is 1.85 bits per heavy atom. The van der Waals surface area contributed by atoms with Crippen LogP contribution in [0.4, 0.5) is 0 Å². The van der Waals surface area contributed by atoms with E-state index in [0.717, 1.165) is 10.8 Å². The van der Waals surface area contributed by atoms with Crippen molar-refractivity contribution < 1.29 is 29.4 Å². The summed E-state index contributed by atoms with van der Waals surface area (Å²) in [6.45, 7) is 0. The lowest BCUT2D eigenvalue weighted by Crippen LogP contribution is -2.25. The first-order valence-corrected chi connectivity index (χ1v) is 12.5. The van der Waals surface area contributed by atoms with Crippen molar-refractivity contribution in [1.29, 1.82) is 0 Å². The first-order valence-electron chi connectivity index (χ1n) is 12.1. The monoisotopic (exact) mass is 550 g/mol. The average Bonchev–Trinajstić information content (AvgIpc) is 2.89. The molecule has 0 aromatic heterocycles. The van der Waals surface area contributed by atoms with Crippen LogP contribution in [0.3, 0.4) is 0 Å². The predicted octanol–water partition coefficient (Wildman–Crippen LogP) is 5.58. The van der Waals surface area contributed by atoms with Crippen LogP contribution in [0.5, 0.6) is 0 Å². The van der Waals surface area contributed by atoms with Gasteiger partial charge in [-0.1, -0.05) is 60.1 Å². The quantitative estimate of drug-likeness (QED) is 0.156. The van der Waals surface area contributed by atoms with Crippen molar-refractivity contribution in [3.8, 4) is 0 Å². The largest absolute Gasteiger partial charge is 0.478 e. The fourth-order valence-corrected chi connectivity index (χ4v) is 6.17. The van der Waals surface area contributed by atoms with Crippen LogP contribution in [-0.2, 0) is 6.42 Å². The Morgan fingerprint density at radius 1 is 0.625 bits per heavy atom. The number of hydrogen-bond acceptors (Lipinski definition) is 4. The van der Waals surface area contributed by atoms with Crippen LogP contribution in [0.15, 0.2) is 66.7 Å². The molecule has 0 unspecified atom stereocenters. The third-order valence-corrected chi connectivity index (χ3v) is 7.56. The Labute approximate surface area is 230 Å². The van der Waals surface area contributed by atoms with Crippen molar-refractivity contribution in [3.63, 3.8) is 0 Å². The minimum absolute atomic E-state index is 0.0978. The van der Waals surface area contributed by atoms with Crippen LogP contribution in [0.1, 0.15) is 52.6 Å². The number of fused-ring (bicyclic) bond motifs is 2. The fourth-order valence-electron chi connectivity index (χ4n) is 5.96. The average molecular weight is 551 g/mol. The molecule has 196 valence electrons. The summed E-state index contributed by atoms with van der Waals surface area (Å²) < 4.78 is 0. The van der Waals surface area contributed by atoms with E-state index < -0.39 is 34.9 Å². The lowest BCUT2D eigenvalue weighted by Gasteiger charge is -2.23. The number of halogens is 1. The third kappa shape index (κ3) is 3.54. The van der Waals surface area contributed by atoms with Crippen molar-refractivity contribution in [2.45, 2.75) is 6.42 Å². The summed E-state index contributed by atoms with van der Waals surface area (Å²) in [7, 11) is 0. The lowest BCUT2D eigenvalue weighted by atomic mass is 9.79. The predicted molar refractivity (Wildman–Crippen MR) is 153 cm³/mol. The van der Waals surface area contributed by atoms with Gasteiger partial charge >= 0.3 is 11.9 Å². The molecule has 40 heavy (non-hydrogen) atoms. The topological polar surface area (TPSA) is 161 Å². The van der Waals surface area contributed by atoms with Crippen molar-refractivity contribution >= 4 is 78.4 Å². The molecule has 9 heteroatoms. The highest BCUT2D eigenvalue weighted by molar-refractivity contribution is 6.41. The van der Waals surface area contributed by atoms with Crippen LogP contribution < -0.4 is 11.5 Å². The van der Waals surface area contributed by atoms with Crippen molar-refractivity contribution in [2.24, 2.45) is 11.5 Å². The van der Waals surface area contributed by atoms with Crippen LogP contribution in [0.2, 0.25) is 5.02 Å². The molecule has 6 N–H and O–H groups in total. The zero-order valence-corrected chi connectivity index (χ0v) is 21.4. The van der Waals surface area contributed by atoms with Gasteiger partial charge in [0.15, 0.2) is 0 Å². The lowest BCUT2D eigenvalue weighted by molar-refractivity contribution is 0.0693. The van der Waals surface area contributed by atoms with Gasteiger partial charge in [0.1, 0.15) is 0 Å². The molecule has 0 heterocycles. The van der Waals surface area contributed by atoms with Crippen LogP contribution in [0.25, 0.3) is 43.1 Å². The highest BCUT2D eigenvalue weighted by atomic mass is 35.5. The minimum atomic E-state index is -1.62. The highest BCUT2D eigenvalue weighted by Gasteiger charge is 2.33. The summed E-state index contributed by atoms with van der Waals surface area (Å²) in [6, 6.07) is 19.5. The molecule has 0 aliphatic heterocycles. The number of primary amides is 2. The van der Waals surface area contributed by atoms with Gasteiger partial charge in [-0.05, 0) is 68.1 Å². The molecule has 0 saturated carbocycles. The smallest absolute Gasteiger partial charge is 0.337 e. The zero-order valence-electron chi connectivity index (χ0n) is 20.6. The molecule has 8 nitrogen and oxygen atoms in total. The van der Waals surface area contributed by atoms with Gasteiger partial charge in [-0.2, -0.15) is 0 Å². The standard InChI is InChI=1S/C31H19ClN2O6/c32-16-7-1-4-13(11-16)10-15-12-19-17-8-2-5-14-6-3-9-18(20(14)17)22-23(19)24(21(15)30(37)38)27(31(39)40)26(29(34)36)25(22)28(33)35/h1-9,11-12H,10H2,(H2,33,35)(H2,34,36)(H,37,38)(H,39,40). The summed E-state index contributed by atoms with van der Waals surface area (Å²) >= 11 is 6.19. The van der Waals surface area contributed by atoms with E-state index in [9.17, 15) is 29.4 Å². The molecule has 0 spiro atoms. The van der Waals surface area contributed by atoms with E-state index in [1.165, 1.54) is 0 Å². The molecule has 6 rings (SSSR count). The third-order valence-electron chi connectivity index (χ3n) is 7.33. The van der Waals surface area contributed by atoms with Gasteiger partial charge in [-0.3, -0.25) is 9.59 Å². The number of amides is 2. The van der Waals surface area contributed by atoms with Gasteiger partial charge in [-0.25, -0.2) is 9.59 Å². The number of carbonyl (C=O) groups excluding carboxylic acids is 2. The fraction of sp³-hybridized carbons (Fsp3) is 0.0323. The first-order chi connectivity index (χ1) is 19.1. The van der Waals surface area contributed by atoms with Crippen molar-refractivity contribution in [3.05, 3.63) is 105 Å². The molecule has 0 atom stereocenters. The van der Waals surface area contributed by atoms with E-state index in [1.807, 2.05) is 24.3 Å². The number of carboxylic acids is 2. The number of carboxylic acid groups (broad SMARTS) is 2. The van der Waals surface area contributed by atoms with Crippen LogP contribution in [0, 0.1) is 0 Å². The Bertz CT molecular complexity index is 2110. The number of aromatic carboxylic acids is 2. The number of rotatable bonds is 6. The van der Waals surface area contributed by atoms with E-state index in [2.05, 4.69) is 0 Å². The van der Waals surface area contributed by atoms with Gasteiger partial charge in [0, 0.05) is 15.8 Å². The van der Waals surface area contributed by atoms with E-state index >= 15 is 0 Å². The van der Waals surface area contributed by atoms with E-state index in [4.69, 9.17) is 23.1 Å². The molecule has 0 saturated heterocycles. The molecular formula is C31H19ClN2O6. The molecule has 0 aliphatic rings. The molecule has 6 aromatic rings. The number of hydrogen-bond donors (Lipinski definition) is 4.